The first kappa shape index (κ1) is 13.6. The molecule has 5 heteroatoms. The Bertz CT molecular complexity index is 483. The van der Waals surface area contributed by atoms with Gasteiger partial charge >= 0.3 is 6.09 Å². The lowest BCUT2D eigenvalue weighted by Crippen LogP contribution is -2.24. The molecular formula is C13H14N2O3. The Morgan fingerprint density at radius 1 is 1.33 bits per heavy atom. The van der Waals surface area contributed by atoms with Crippen LogP contribution in [0.4, 0.5) is 4.79 Å². The minimum atomic E-state index is -0.490. The lowest BCUT2D eigenvalue weighted by molar-refractivity contribution is 0.1000. The molecule has 0 aliphatic carbocycles. The van der Waals surface area contributed by atoms with E-state index in [1.165, 1.54) is 0 Å². The molecule has 2 amide bonds. The molecule has 0 aliphatic rings. The predicted molar refractivity (Wildman–Crippen MR) is 66.9 cm³/mol. The summed E-state index contributed by atoms with van der Waals surface area (Å²) in [6.07, 6.45) is -0.490. The van der Waals surface area contributed by atoms with Gasteiger partial charge in [-0.15, -0.1) is 0 Å². The highest BCUT2D eigenvalue weighted by atomic mass is 16.5. The topological polar surface area (TPSA) is 81.4 Å². The van der Waals surface area contributed by atoms with Crippen LogP contribution in [0.1, 0.15) is 22.8 Å². The first-order valence-corrected chi connectivity index (χ1v) is 5.43. The van der Waals surface area contributed by atoms with Crippen molar-refractivity contribution in [3.05, 3.63) is 35.4 Å². The highest BCUT2D eigenvalue weighted by Crippen LogP contribution is 2.01. The Morgan fingerprint density at radius 2 is 2.00 bits per heavy atom. The number of benzene rings is 1. The van der Waals surface area contributed by atoms with Crippen molar-refractivity contribution in [1.82, 2.24) is 5.32 Å². The fourth-order valence-electron chi connectivity index (χ4n) is 1.16. The van der Waals surface area contributed by atoms with Crippen LogP contribution >= 0.6 is 0 Å². The number of ether oxygens (including phenoxy) is 1. The monoisotopic (exact) mass is 246 g/mol. The largest absolute Gasteiger partial charge is 0.450 e. The summed E-state index contributed by atoms with van der Waals surface area (Å²) in [7, 11) is 0. The molecule has 0 bridgehead atoms. The molecule has 0 saturated carbocycles. The molecule has 5 nitrogen and oxygen atoms in total. The Balaban J connectivity index is 2.48. The maximum Gasteiger partial charge on any atom is 0.407 e. The van der Waals surface area contributed by atoms with Gasteiger partial charge in [-0.25, -0.2) is 4.79 Å². The van der Waals surface area contributed by atoms with E-state index in [4.69, 9.17) is 5.73 Å². The number of carbonyl (C=O) groups is 2. The number of nitrogens with two attached hydrogens (primary N) is 1. The van der Waals surface area contributed by atoms with E-state index in [1.54, 1.807) is 31.2 Å². The second kappa shape index (κ2) is 6.97. The highest BCUT2D eigenvalue weighted by molar-refractivity contribution is 5.92. The molecule has 0 aliphatic heterocycles. The fraction of sp³-hybridized carbons (Fsp3) is 0.231. The van der Waals surface area contributed by atoms with Gasteiger partial charge in [0.25, 0.3) is 0 Å². The van der Waals surface area contributed by atoms with E-state index >= 15 is 0 Å². The minimum Gasteiger partial charge on any atom is -0.450 e. The van der Waals surface area contributed by atoms with Crippen molar-refractivity contribution in [3.8, 4) is 11.8 Å². The molecule has 18 heavy (non-hydrogen) atoms. The molecule has 0 unspecified atom stereocenters. The average Bonchev–Trinajstić information content (AvgIpc) is 2.35. The first-order chi connectivity index (χ1) is 8.63. The van der Waals surface area contributed by atoms with Crippen molar-refractivity contribution in [2.75, 3.05) is 13.2 Å². The second-order valence-electron chi connectivity index (χ2n) is 3.32. The second-order valence-corrected chi connectivity index (χ2v) is 3.32. The molecule has 0 atom stereocenters. The number of rotatable bonds is 3. The van der Waals surface area contributed by atoms with Crippen LogP contribution in [0.2, 0.25) is 0 Å². The predicted octanol–water partition coefficient (Wildman–Crippen LogP) is 0.883. The van der Waals surface area contributed by atoms with Gasteiger partial charge in [0.05, 0.1) is 13.2 Å². The molecule has 0 aromatic heterocycles. The highest BCUT2D eigenvalue weighted by Gasteiger charge is 1.98. The maximum absolute atomic E-state index is 10.9. The van der Waals surface area contributed by atoms with Crippen LogP contribution in [-0.4, -0.2) is 25.2 Å². The summed E-state index contributed by atoms with van der Waals surface area (Å²) in [4.78, 5) is 21.8. The van der Waals surface area contributed by atoms with Gasteiger partial charge in [0.2, 0.25) is 5.91 Å². The van der Waals surface area contributed by atoms with Gasteiger partial charge < -0.3 is 15.8 Å². The van der Waals surface area contributed by atoms with Crippen molar-refractivity contribution < 1.29 is 14.3 Å². The Morgan fingerprint density at radius 3 is 2.56 bits per heavy atom. The molecule has 94 valence electrons. The standard InChI is InChI=1S/C13H14N2O3/c1-2-18-13(17)15-9-3-4-10-5-7-11(8-6-10)12(14)16/h5-8H,2,9H2,1H3,(H2,14,16)(H,15,17). The number of nitrogens with one attached hydrogen (secondary N) is 1. The van der Waals surface area contributed by atoms with Gasteiger partial charge in [0, 0.05) is 11.1 Å². The van der Waals surface area contributed by atoms with Gasteiger partial charge in [-0.2, -0.15) is 0 Å². The summed E-state index contributed by atoms with van der Waals surface area (Å²) in [5.74, 6) is 5.12. The minimum absolute atomic E-state index is 0.205. The smallest absolute Gasteiger partial charge is 0.407 e. The first-order valence-electron chi connectivity index (χ1n) is 5.43. The van der Waals surface area contributed by atoms with Crippen LogP contribution < -0.4 is 11.1 Å². The van der Waals surface area contributed by atoms with E-state index in [0.29, 0.717) is 12.2 Å². The van der Waals surface area contributed by atoms with Gasteiger partial charge in [0.15, 0.2) is 0 Å². The average molecular weight is 246 g/mol. The van der Waals surface area contributed by atoms with Crippen molar-refractivity contribution in [1.29, 1.82) is 0 Å². The molecule has 1 aromatic rings. The van der Waals surface area contributed by atoms with E-state index in [9.17, 15) is 9.59 Å². The Kier molecular flexibility index (Phi) is 5.26. The SMILES string of the molecule is CCOC(=O)NCC#Cc1ccc(C(N)=O)cc1. The third-order valence-corrected chi connectivity index (χ3v) is 2.00. The van der Waals surface area contributed by atoms with Gasteiger partial charge in [-0.3, -0.25) is 4.79 Å². The number of carbonyl (C=O) groups excluding carboxylic acids is 2. The quantitative estimate of drug-likeness (QED) is 0.777. The Labute approximate surface area is 105 Å². The van der Waals surface area contributed by atoms with Crippen molar-refractivity contribution in [3.63, 3.8) is 0 Å². The lowest BCUT2D eigenvalue weighted by Gasteiger charge is -1.99. The van der Waals surface area contributed by atoms with E-state index in [0.717, 1.165) is 5.56 Å². The van der Waals surface area contributed by atoms with Crippen molar-refractivity contribution in [2.24, 2.45) is 5.73 Å². The molecule has 3 N–H and O–H groups in total. The molecule has 1 aromatic carbocycles. The molecule has 0 spiro atoms. The third-order valence-electron chi connectivity index (χ3n) is 2.00. The van der Waals surface area contributed by atoms with Gasteiger partial charge in [-0.1, -0.05) is 11.8 Å². The molecule has 0 saturated heterocycles. The summed E-state index contributed by atoms with van der Waals surface area (Å²) in [6, 6.07) is 6.59. The number of primary amides is 1. The zero-order valence-corrected chi connectivity index (χ0v) is 10.0. The zero-order valence-electron chi connectivity index (χ0n) is 10.0. The van der Waals surface area contributed by atoms with Crippen LogP contribution in [0.15, 0.2) is 24.3 Å². The summed E-state index contributed by atoms with van der Waals surface area (Å²) >= 11 is 0. The van der Waals surface area contributed by atoms with Crippen molar-refractivity contribution in [2.45, 2.75) is 6.92 Å². The van der Waals surface area contributed by atoms with Crippen LogP contribution in [0.5, 0.6) is 0 Å². The van der Waals surface area contributed by atoms with Crippen LogP contribution in [0.3, 0.4) is 0 Å². The van der Waals surface area contributed by atoms with E-state index in [-0.39, 0.29) is 6.54 Å². The van der Waals surface area contributed by atoms with Crippen LogP contribution in [0, 0.1) is 11.8 Å². The summed E-state index contributed by atoms with van der Waals surface area (Å²) in [5.41, 5.74) is 6.29. The lowest BCUT2D eigenvalue weighted by atomic mass is 10.1. The molecule has 0 radical (unpaired) electrons. The third kappa shape index (κ3) is 4.58. The van der Waals surface area contributed by atoms with Gasteiger partial charge in [-0.05, 0) is 31.2 Å². The molecule has 0 fully saturated rings. The summed E-state index contributed by atoms with van der Waals surface area (Å²) in [6.45, 7) is 2.26. The number of amides is 2. The van der Waals surface area contributed by atoms with Gasteiger partial charge in [0.1, 0.15) is 0 Å². The van der Waals surface area contributed by atoms with E-state index in [1.807, 2.05) is 0 Å². The number of alkyl carbamates (subject to hydrolysis) is 1. The van der Waals surface area contributed by atoms with Crippen LogP contribution in [0.25, 0.3) is 0 Å². The summed E-state index contributed by atoms with van der Waals surface area (Å²) in [5, 5.41) is 2.47. The van der Waals surface area contributed by atoms with Crippen LogP contribution in [-0.2, 0) is 4.74 Å². The number of hydrogen-bond acceptors (Lipinski definition) is 3. The van der Waals surface area contributed by atoms with E-state index < -0.39 is 12.0 Å². The molecule has 1 rings (SSSR count). The molecule has 0 heterocycles. The number of hydrogen-bond donors (Lipinski definition) is 2. The van der Waals surface area contributed by atoms with E-state index in [2.05, 4.69) is 21.9 Å². The molecular weight excluding hydrogens is 232 g/mol. The normalized spacial score (nSPS) is 8.94. The van der Waals surface area contributed by atoms with Crippen molar-refractivity contribution >= 4 is 12.0 Å². The summed E-state index contributed by atoms with van der Waals surface area (Å²) < 4.78 is 4.67. The maximum atomic E-state index is 10.9. The Hall–Kier alpha value is -2.48. The zero-order chi connectivity index (χ0) is 13.4. The fourth-order valence-corrected chi connectivity index (χ4v) is 1.16.